The van der Waals surface area contributed by atoms with Crippen molar-refractivity contribution in [3.63, 3.8) is 0 Å². The lowest BCUT2D eigenvalue weighted by Gasteiger charge is -2.36. The second-order valence-electron chi connectivity index (χ2n) is 5.96. The molecule has 2 rings (SSSR count). The monoisotopic (exact) mass is 307 g/mol. The Morgan fingerprint density at radius 3 is 1.90 bits per heavy atom. The summed E-state index contributed by atoms with van der Waals surface area (Å²) >= 11 is 0. The zero-order valence-electron chi connectivity index (χ0n) is 12.4. The first-order valence-corrected chi connectivity index (χ1v) is 7.73. The van der Waals surface area contributed by atoms with Crippen LogP contribution in [0.5, 0.6) is 0 Å². The highest BCUT2D eigenvalue weighted by atomic mass is 19.4. The molecule has 21 heavy (non-hydrogen) atoms. The molecule has 0 spiro atoms. The molecule has 0 bridgehead atoms. The molecule has 0 radical (unpaired) electrons. The summed E-state index contributed by atoms with van der Waals surface area (Å²) in [4.78, 5) is 17.5. The molecular weight excluding hydrogens is 283 g/mol. The predicted molar refractivity (Wildman–Crippen MR) is 74.0 cm³/mol. The maximum Gasteiger partial charge on any atom is 0.401 e. The molecule has 2 fully saturated rings. The third kappa shape index (κ3) is 5.82. The van der Waals surface area contributed by atoms with Gasteiger partial charge in [0.25, 0.3) is 0 Å². The number of carbonyl (C=O) groups excluding carboxylic acids is 1. The number of hydrogen-bond acceptors (Lipinski definition) is 3. The summed E-state index contributed by atoms with van der Waals surface area (Å²) in [5.41, 5.74) is 0. The fourth-order valence-corrected chi connectivity index (χ4v) is 2.99. The molecule has 0 aliphatic carbocycles. The second kappa shape index (κ2) is 7.45. The van der Waals surface area contributed by atoms with E-state index in [2.05, 4.69) is 4.90 Å². The highest BCUT2D eigenvalue weighted by molar-refractivity contribution is 5.78. The SMILES string of the molecule is O=C(CN1CCCCCC1)N1CCN(CC(F)(F)F)CC1. The van der Waals surface area contributed by atoms with Crippen molar-refractivity contribution in [3.05, 3.63) is 0 Å². The number of rotatable bonds is 3. The van der Waals surface area contributed by atoms with Crippen LogP contribution >= 0.6 is 0 Å². The highest BCUT2D eigenvalue weighted by Gasteiger charge is 2.33. The van der Waals surface area contributed by atoms with Crippen molar-refractivity contribution >= 4 is 5.91 Å². The van der Waals surface area contributed by atoms with Crippen LogP contribution in [0.4, 0.5) is 13.2 Å². The number of nitrogens with zero attached hydrogens (tertiary/aromatic N) is 3. The Balaban J connectivity index is 1.72. The minimum absolute atomic E-state index is 0.0589. The zero-order chi connectivity index (χ0) is 15.3. The molecule has 0 unspecified atom stereocenters. The van der Waals surface area contributed by atoms with Crippen LogP contribution in [0.1, 0.15) is 25.7 Å². The third-order valence-electron chi connectivity index (χ3n) is 4.19. The summed E-state index contributed by atoms with van der Waals surface area (Å²) in [5.74, 6) is 0.0589. The van der Waals surface area contributed by atoms with Gasteiger partial charge in [-0.05, 0) is 25.9 Å². The normalized spacial score (nSPS) is 23.1. The van der Waals surface area contributed by atoms with Crippen molar-refractivity contribution < 1.29 is 18.0 Å². The van der Waals surface area contributed by atoms with E-state index in [0.29, 0.717) is 32.7 Å². The lowest BCUT2D eigenvalue weighted by molar-refractivity contribution is -0.152. The molecule has 2 saturated heterocycles. The number of piperazine rings is 1. The Hall–Kier alpha value is -0.820. The zero-order valence-corrected chi connectivity index (χ0v) is 12.4. The van der Waals surface area contributed by atoms with Gasteiger partial charge in [-0.3, -0.25) is 14.6 Å². The first-order valence-electron chi connectivity index (χ1n) is 7.73. The van der Waals surface area contributed by atoms with Crippen LogP contribution in [0.2, 0.25) is 0 Å². The van der Waals surface area contributed by atoms with Crippen LogP contribution in [-0.2, 0) is 4.79 Å². The topological polar surface area (TPSA) is 26.8 Å². The van der Waals surface area contributed by atoms with Gasteiger partial charge in [-0.1, -0.05) is 12.8 Å². The molecular formula is C14H24F3N3O. The van der Waals surface area contributed by atoms with E-state index in [1.807, 2.05) is 0 Å². The van der Waals surface area contributed by atoms with Crippen LogP contribution in [0, 0.1) is 0 Å². The minimum atomic E-state index is -4.15. The minimum Gasteiger partial charge on any atom is -0.339 e. The average molecular weight is 307 g/mol. The summed E-state index contributed by atoms with van der Waals surface area (Å²) in [5, 5.41) is 0. The summed E-state index contributed by atoms with van der Waals surface area (Å²) < 4.78 is 36.9. The van der Waals surface area contributed by atoms with E-state index in [9.17, 15) is 18.0 Å². The molecule has 0 aromatic carbocycles. The van der Waals surface area contributed by atoms with Gasteiger partial charge in [-0.15, -0.1) is 0 Å². The molecule has 2 heterocycles. The van der Waals surface area contributed by atoms with Gasteiger partial charge >= 0.3 is 6.18 Å². The van der Waals surface area contributed by atoms with Gasteiger partial charge in [0.2, 0.25) is 5.91 Å². The lowest BCUT2D eigenvalue weighted by Crippen LogP contribution is -2.52. The van der Waals surface area contributed by atoms with E-state index in [4.69, 9.17) is 0 Å². The summed E-state index contributed by atoms with van der Waals surface area (Å²) in [6.45, 7) is 2.89. The molecule has 0 aromatic heterocycles. The van der Waals surface area contributed by atoms with E-state index >= 15 is 0 Å². The lowest BCUT2D eigenvalue weighted by atomic mass is 10.2. The van der Waals surface area contributed by atoms with E-state index in [-0.39, 0.29) is 5.91 Å². The molecule has 2 aliphatic rings. The molecule has 7 heteroatoms. The van der Waals surface area contributed by atoms with E-state index < -0.39 is 12.7 Å². The van der Waals surface area contributed by atoms with Crippen molar-refractivity contribution in [2.45, 2.75) is 31.9 Å². The predicted octanol–water partition coefficient (Wildman–Crippen LogP) is 1.57. The number of hydrogen-bond donors (Lipinski definition) is 0. The molecule has 2 aliphatic heterocycles. The molecule has 0 N–H and O–H groups in total. The largest absolute Gasteiger partial charge is 0.401 e. The number of likely N-dealkylation sites (tertiary alicyclic amines) is 1. The van der Waals surface area contributed by atoms with E-state index in [0.717, 1.165) is 25.9 Å². The van der Waals surface area contributed by atoms with Gasteiger partial charge in [-0.25, -0.2) is 0 Å². The Morgan fingerprint density at radius 2 is 1.38 bits per heavy atom. The average Bonchev–Trinajstić information content (AvgIpc) is 2.66. The van der Waals surface area contributed by atoms with Crippen molar-refractivity contribution in [1.29, 1.82) is 0 Å². The van der Waals surface area contributed by atoms with Gasteiger partial charge in [0, 0.05) is 26.2 Å². The van der Waals surface area contributed by atoms with Gasteiger partial charge in [0.15, 0.2) is 0 Å². The van der Waals surface area contributed by atoms with E-state index in [1.165, 1.54) is 17.7 Å². The maximum absolute atomic E-state index is 12.3. The van der Waals surface area contributed by atoms with Crippen LogP contribution in [0.15, 0.2) is 0 Å². The van der Waals surface area contributed by atoms with Crippen LogP contribution in [0.25, 0.3) is 0 Å². The molecule has 122 valence electrons. The van der Waals surface area contributed by atoms with Gasteiger partial charge < -0.3 is 4.90 Å². The number of amides is 1. The molecule has 0 atom stereocenters. The fourth-order valence-electron chi connectivity index (χ4n) is 2.99. The highest BCUT2D eigenvalue weighted by Crippen LogP contribution is 2.17. The van der Waals surface area contributed by atoms with Crippen molar-refractivity contribution in [2.75, 3.05) is 52.4 Å². The van der Waals surface area contributed by atoms with Gasteiger partial charge in [-0.2, -0.15) is 13.2 Å². The van der Waals surface area contributed by atoms with E-state index in [1.54, 1.807) is 4.90 Å². The maximum atomic E-state index is 12.3. The van der Waals surface area contributed by atoms with Crippen molar-refractivity contribution in [1.82, 2.24) is 14.7 Å². The summed E-state index contributed by atoms with van der Waals surface area (Å²) in [6, 6.07) is 0. The molecule has 1 amide bonds. The van der Waals surface area contributed by atoms with Gasteiger partial charge in [0.05, 0.1) is 13.1 Å². The summed E-state index contributed by atoms with van der Waals surface area (Å²) in [7, 11) is 0. The Morgan fingerprint density at radius 1 is 0.810 bits per heavy atom. The quantitative estimate of drug-likeness (QED) is 0.792. The Labute approximate surface area is 123 Å². The second-order valence-corrected chi connectivity index (χ2v) is 5.96. The van der Waals surface area contributed by atoms with Crippen LogP contribution in [-0.4, -0.2) is 79.1 Å². The fraction of sp³-hybridized carbons (Fsp3) is 0.929. The molecule has 4 nitrogen and oxygen atoms in total. The van der Waals surface area contributed by atoms with Crippen molar-refractivity contribution in [2.24, 2.45) is 0 Å². The third-order valence-corrected chi connectivity index (χ3v) is 4.19. The van der Waals surface area contributed by atoms with Crippen LogP contribution in [0.3, 0.4) is 0 Å². The van der Waals surface area contributed by atoms with Gasteiger partial charge in [0.1, 0.15) is 0 Å². The Kier molecular flexibility index (Phi) is 5.87. The number of halogens is 3. The standard InChI is InChI=1S/C14H24F3N3O/c15-14(16,17)12-19-7-9-20(10-8-19)13(21)11-18-5-3-1-2-4-6-18/h1-12H2. The number of carbonyl (C=O) groups is 1. The number of alkyl halides is 3. The smallest absolute Gasteiger partial charge is 0.339 e. The first kappa shape index (κ1) is 16.5. The Bertz CT molecular complexity index is 333. The molecule has 0 aromatic rings. The summed E-state index contributed by atoms with van der Waals surface area (Å²) in [6.07, 6.45) is 0.555. The molecule has 0 saturated carbocycles. The van der Waals surface area contributed by atoms with Crippen molar-refractivity contribution in [3.8, 4) is 0 Å². The van der Waals surface area contributed by atoms with Crippen LogP contribution < -0.4 is 0 Å². The first-order chi connectivity index (χ1) is 9.94.